The van der Waals surface area contributed by atoms with Gasteiger partial charge in [0.15, 0.2) is 17.2 Å². The number of carbonyl (C=O) groups is 1. The van der Waals surface area contributed by atoms with E-state index in [0.29, 0.717) is 42.8 Å². The van der Waals surface area contributed by atoms with Crippen LogP contribution in [-0.2, 0) is 6.54 Å². The molecule has 0 N–H and O–H groups in total. The van der Waals surface area contributed by atoms with Crippen LogP contribution in [0.25, 0.3) is 10.8 Å². The SMILES string of the molecule is CCn1nc(C(=O)N2CCC[C@@H]2c2ccc3c(c2)OCCCO3)c2ccccc2c1=O. The smallest absolute Gasteiger partial charge is 0.275 e. The zero-order chi connectivity index (χ0) is 21.4. The number of amides is 1. The molecule has 0 aliphatic carbocycles. The lowest BCUT2D eigenvalue weighted by Crippen LogP contribution is -2.34. The summed E-state index contributed by atoms with van der Waals surface area (Å²) in [6.07, 6.45) is 2.64. The quantitative estimate of drug-likeness (QED) is 0.649. The Hall–Kier alpha value is -3.35. The van der Waals surface area contributed by atoms with Gasteiger partial charge in [-0.2, -0.15) is 5.10 Å². The number of rotatable bonds is 3. The van der Waals surface area contributed by atoms with Gasteiger partial charge in [0.05, 0.1) is 24.6 Å². The van der Waals surface area contributed by atoms with Gasteiger partial charge in [-0.25, -0.2) is 4.68 Å². The molecule has 1 aromatic heterocycles. The van der Waals surface area contributed by atoms with Crippen LogP contribution in [0.4, 0.5) is 0 Å². The molecule has 1 amide bonds. The molecule has 0 radical (unpaired) electrons. The highest BCUT2D eigenvalue weighted by Crippen LogP contribution is 2.38. The van der Waals surface area contributed by atoms with Crippen molar-refractivity contribution in [3.63, 3.8) is 0 Å². The summed E-state index contributed by atoms with van der Waals surface area (Å²) in [5.41, 5.74) is 1.19. The molecule has 0 unspecified atom stereocenters. The Morgan fingerprint density at radius 2 is 1.84 bits per heavy atom. The second kappa shape index (κ2) is 8.06. The summed E-state index contributed by atoms with van der Waals surface area (Å²) in [5, 5.41) is 5.57. The van der Waals surface area contributed by atoms with Gasteiger partial charge in [0.2, 0.25) is 0 Å². The van der Waals surface area contributed by atoms with E-state index in [-0.39, 0.29) is 17.5 Å². The van der Waals surface area contributed by atoms with E-state index < -0.39 is 0 Å². The summed E-state index contributed by atoms with van der Waals surface area (Å²) >= 11 is 0. The van der Waals surface area contributed by atoms with E-state index in [2.05, 4.69) is 5.10 Å². The Labute approximate surface area is 180 Å². The van der Waals surface area contributed by atoms with Crippen LogP contribution >= 0.6 is 0 Å². The zero-order valence-electron chi connectivity index (χ0n) is 17.5. The van der Waals surface area contributed by atoms with Crippen LogP contribution in [0.2, 0.25) is 0 Å². The van der Waals surface area contributed by atoms with Gasteiger partial charge in [0.25, 0.3) is 11.5 Å². The highest BCUT2D eigenvalue weighted by Gasteiger charge is 2.33. The van der Waals surface area contributed by atoms with E-state index in [1.165, 1.54) is 4.68 Å². The average molecular weight is 419 g/mol. The summed E-state index contributed by atoms with van der Waals surface area (Å²) in [7, 11) is 0. The van der Waals surface area contributed by atoms with E-state index in [4.69, 9.17) is 9.47 Å². The number of benzene rings is 2. The first-order valence-electron chi connectivity index (χ1n) is 10.9. The first kappa shape index (κ1) is 19.6. The van der Waals surface area contributed by atoms with Crippen LogP contribution in [0.15, 0.2) is 47.3 Å². The number of carbonyl (C=O) groups excluding carboxylic acids is 1. The fraction of sp³-hybridized carbons (Fsp3) is 0.375. The van der Waals surface area contributed by atoms with Crippen molar-refractivity contribution in [3.05, 3.63) is 64.1 Å². The third kappa shape index (κ3) is 3.44. The molecule has 160 valence electrons. The lowest BCUT2D eigenvalue weighted by molar-refractivity contribution is 0.0729. The third-order valence-electron chi connectivity index (χ3n) is 6.04. The average Bonchev–Trinajstić information content (AvgIpc) is 3.18. The van der Waals surface area contributed by atoms with Gasteiger partial charge in [-0.05, 0) is 43.5 Å². The number of ether oxygens (including phenoxy) is 2. The van der Waals surface area contributed by atoms with E-state index in [0.717, 1.165) is 36.3 Å². The molecule has 0 spiro atoms. The predicted octanol–water partition coefficient (Wildman–Crippen LogP) is 3.56. The minimum Gasteiger partial charge on any atom is -0.490 e. The Kier molecular flexibility index (Phi) is 5.10. The molecule has 2 aromatic carbocycles. The van der Waals surface area contributed by atoms with Crippen molar-refractivity contribution in [1.82, 2.24) is 14.7 Å². The van der Waals surface area contributed by atoms with Gasteiger partial charge in [-0.1, -0.05) is 24.3 Å². The summed E-state index contributed by atoms with van der Waals surface area (Å²) in [4.78, 5) is 28.2. The molecule has 1 atom stereocenters. The van der Waals surface area contributed by atoms with Crippen LogP contribution in [0, 0.1) is 0 Å². The number of hydrogen-bond acceptors (Lipinski definition) is 5. The summed E-state index contributed by atoms with van der Waals surface area (Å²) in [5.74, 6) is 1.34. The van der Waals surface area contributed by atoms with E-state index in [1.54, 1.807) is 12.1 Å². The highest BCUT2D eigenvalue weighted by atomic mass is 16.5. The van der Waals surface area contributed by atoms with Gasteiger partial charge < -0.3 is 14.4 Å². The van der Waals surface area contributed by atoms with Gasteiger partial charge in [-0.3, -0.25) is 9.59 Å². The van der Waals surface area contributed by atoms with Crippen molar-refractivity contribution >= 4 is 16.7 Å². The first-order chi connectivity index (χ1) is 15.2. The molecule has 3 aromatic rings. The second-order valence-corrected chi connectivity index (χ2v) is 7.93. The lowest BCUT2D eigenvalue weighted by Gasteiger charge is -2.26. The molecule has 0 saturated carbocycles. The Morgan fingerprint density at radius 3 is 2.65 bits per heavy atom. The molecule has 5 rings (SSSR count). The van der Waals surface area contributed by atoms with E-state index >= 15 is 0 Å². The Bertz CT molecular complexity index is 1200. The molecular weight excluding hydrogens is 394 g/mol. The van der Waals surface area contributed by atoms with Gasteiger partial charge >= 0.3 is 0 Å². The number of fused-ring (bicyclic) bond motifs is 2. The molecule has 7 heteroatoms. The summed E-state index contributed by atoms with van der Waals surface area (Å²) in [6, 6.07) is 13.1. The molecule has 7 nitrogen and oxygen atoms in total. The maximum absolute atomic E-state index is 13.7. The van der Waals surface area contributed by atoms with Crippen LogP contribution in [0.1, 0.15) is 48.3 Å². The lowest BCUT2D eigenvalue weighted by atomic mass is 10.0. The monoisotopic (exact) mass is 419 g/mol. The van der Waals surface area contributed by atoms with Gasteiger partial charge in [0, 0.05) is 24.9 Å². The second-order valence-electron chi connectivity index (χ2n) is 7.93. The summed E-state index contributed by atoms with van der Waals surface area (Å²) < 4.78 is 13.0. The summed E-state index contributed by atoms with van der Waals surface area (Å²) in [6.45, 7) is 4.19. The maximum atomic E-state index is 13.7. The maximum Gasteiger partial charge on any atom is 0.275 e. The zero-order valence-corrected chi connectivity index (χ0v) is 17.5. The molecule has 0 bridgehead atoms. The van der Waals surface area contributed by atoms with Crippen LogP contribution in [0.5, 0.6) is 11.5 Å². The molecule has 31 heavy (non-hydrogen) atoms. The third-order valence-corrected chi connectivity index (χ3v) is 6.04. The molecule has 1 saturated heterocycles. The Balaban J connectivity index is 1.54. The van der Waals surface area contributed by atoms with Crippen LogP contribution in [-0.4, -0.2) is 40.3 Å². The number of aromatic nitrogens is 2. The van der Waals surface area contributed by atoms with E-state index in [1.807, 2.05) is 42.2 Å². The minimum atomic E-state index is -0.171. The minimum absolute atomic E-state index is 0.0628. The van der Waals surface area contributed by atoms with Crippen molar-refractivity contribution in [1.29, 1.82) is 0 Å². The number of nitrogens with zero attached hydrogens (tertiary/aromatic N) is 3. The van der Waals surface area contributed by atoms with Crippen molar-refractivity contribution in [2.75, 3.05) is 19.8 Å². The van der Waals surface area contributed by atoms with Crippen molar-refractivity contribution < 1.29 is 14.3 Å². The standard InChI is InChI=1S/C24H25N3O4/c1-2-27-23(28)18-8-4-3-7-17(18)22(25-27)24(29)26-12-5-9-19(26)16-10-11-20-21(15-16)31-14-6-13-30-20/h3-4,7-8,10-11,15,19H,2,5-6,9,12-14H2,1H3/t19-/m1/s1. The topological polar surface area (TPSA) is 73.7 Å². The molecule has 2 aliphatic rings. The van der Waals surface area contributed by atoms with Crippen molar-refractivity contribution in [2.45, 2.75) is 38.8 Å². The Morgan fingerprint density at radius 1 is 1.06 bits per heavy atom. The largest absolute Gasteiger partial charge is 0.490 e. The normalized spacial score (nSPS) is 18.2. The van der Waals surface area contributed by atoms with Crippen molar-refractivity contribution in [2.24, 2.45) is 0 Å². The van der Waals surface area contributed by atoms with Gasteiger partial charge in [0.1, 0.15) is 0 Å². The van der Waals surface area contributed by atoms with Crippen LogP contribution in [0.3, 0.4) is 0 Å². The molecule has 3 heterocycles. The molecule has 2 aliphatic heterocycles. The molecule has 1 fully saturated rings. The van der Waals surface area contributed by atoms with Crippen LogP contribution < -0.4 is 15.0 Å². The fourth-order valence-corrected chi connectivity index (χ4v) is 4.49. The van der Waals surface area contributed by atoms with Crippen molar-refractivity contribution in [3.8, 4) is 11.5 Å². The first-order valence-corrected chi connectivity index (χ1v) is 10.9. The van der Waals surface area contributed by atoms with E-state index in [9.17, 15) is 9.59 Å². The van der Waals surface area contributed by atoms with Gasteiger partial charge in [-0.15, -0.1) is 0 Å². The number of aryl methyl sites for hydroxylation is 1. The predicted molar refractivity (Wildman–Crippen MR) is 117 cm³/mol. The number of likely N-dealkylation sites (tertiary alicyclic amines) is 1. The highest BCUT2D eigenvalue weighted by molar-refractivity contribution is 6.05. The number of hydrogen-bond donors (Lipinski definition) is 0. The fourth-order valence-electron chi connectivity index (χ4n) is 4.49. The molecular formula is C24H25N3O4.